The number of esters is 1. The summed E-state index contributed by atoms with van der Waals surface area (Å²) in [5, 5.41) is 9.18. The van der Waals surface area contributed by atoms with Crippen LogP contribution in [0, 0.1) is 0 Å². The van der Waals surface area contributed by atoms with Crippen LogP contribution in [-0.2, 0) is 4.74 Å². The van der Waals surface area contributed by atoms with Crippen LogP contribution in [0.1, 0.15) is 10.5 Å². The van der Waals surface area contributed by atoms with Crippen molar-refractivity contribution in [2.45, 2.75) is 0 Å². The summed E-state index contributed by atoms with van der Waals surface area (Å²) in [4.78, 5) is 10.8. The first-order valence-electron chi connectivity index (χ1n) is 2.83. The van der Waals surface area contributed by atoms with Crippen LogP contribution in [0.15, 0.2) is 0 Å². The highest BCUT2D eigenvalue weighted by Crippen LogP contribution is 2.09. The summed E-state index contributed by atoms with van der Waals surface area (Å²) in [5.41, 5.74) is 0.120. The molecule has 0 fully saturated rings. The molecule has 0 bridgehead atoms. The molecule has 0 radical (unpaired) electrons. The predicted molar refractivity (Wildman–Crippen MR) is 34.3 cm³/mol. The summed E-state index contributed by atoms with van der Waals surface area (Å²) < 4.78 is 9.11. The van der Waals surface area contributed by atoms with Crippen molar-refractivity contribution in [2.24, 2.45) is 0 Å². The average Bonchev–Trinajstić information content (AvgIpc) is 2.50. The van der Waals surface area contributed by atoms with E-state index in [0.29, 0.717) is 0 Å². The number of carbonyl (C=O) groups is 1. The fourth-order valence-electron chi connectivity index (χ4n) is 0.596. The van der Waals surface area contributed by atoms with Gasteiger partial charge in [-0.05, 0) is 0 Å². The van der Waals surface area contributed by atoms with Gasteiger partial charge in [-0.3, -0.25) is 0 Å². The molecule has 0 spiro atoms. The minimum atomic E-state index is -0.549. The van der Waals surface area contributed by atoms with Crippen molar-refractivity contribution in [2.75, 3.05) is 14.2 Å². The highest BCUT2D eigenvalue weighted by atomic mass is 16.5. The van der Waals surface area contributed by atoms with Crippen molar-refractivity contribution in [1.29, 1.82) is 0 Å². The predicted octanol–water partition coefficient (Wildman–Crippen LogP) is -0.400. The second-order valence-electron chi connectivity index (χ2n) is 1.69. The Balaban J connectivity index is 2.92. The van der Waals surface area contributed by atoms with E-state index in [1.54, 1.807) is 0 Å². The zero-order valence-corrected chi connectivity index (χ0v) is 6.12. The summed E-state index contributed by atoms with van der Waals surface area (Å²) in [6.07, 6.45) is 0. The molecule has 0 atom stereocenters. The maximum absolute atomic E-state index is 10.8. The van der Waals surface area contributed by atoms with Crippen molar-refractivity contribution in [3.63, 3.8) is 0 Å². The topological polar surface area (TPSA) is 77.1 Å². The number of hydrogen-bond acceptors (Lipinski definition) is 5. The third-order valence-corrected chi connectivity index (χ3v) is 1.10. The number of carbonyl (C=O) groups excluding carboxylic acids is 1. The molecule has 60 valence electrons. The largest absolute Gasteiger partial charge is 0.478 e. The molecule has 1 N–H and O–H groups in total. The number of nitrogens with zero attached hydrogens (tertiary/aromatic N) is 2. The Morgan fingerprint density at radius 1 is 1.55 bits per heavy atom. The van der Waals surface area contributed by atoms with Crippen molar-refractivity contribution < 1.29 is 14.3 Å². The van der Waals surface area contributed by atoms with E-state index in [9.17, 15) is 4.79 Å². The first-order chi connectivity index (χ1) is 5.29. The van der Waals surface area contributed by atoms with Gasteiger partial charge in [-0.25, -0.2) is 9.89 Å². The number of aromatic nitrogens is 3. The molecule has 0 saturated carbocycles. The lowest BCUT2D eigenvalue weighted by atomic mass is 10.5. The van der Waals surface area contributed by atoms with Gasteiger partial charge in [-0.15, -0.1) is 0 Å². The van der Waals surface area contributed by atoms with Crippen molar-refractivity contribution >= 4 is 5.97 Å². The maximum atomic E-state index is 10.8. The molecular formula is C5H7N3O3. The van der Waals surface area contributed by atoms with Gasteiger partial charge in [0.25, 0.3) is 5.88 Å². The molecule has 1 aromatic rings. The molecule has 0 aliphatic heterocycles. The first-order valence-corrected chi connectivity index (χ1v) is 2.83. The van der Waals surface area contributed by atoms with Gasteiger partial charge in [0.1, 0.15) is 0 Å². The molecule has 0 amide bonds. The van der Waals surface area contributed by atoms with Crippen LogP contribution in [0.2, 0.25) is 0 Å². The Labute approximate surface area is 62.5 Å². The van der Waals surface area contributed by atoms with Crippen molar-refractivity contribution in [1.82, 2.24) is 15.4 Å². The molecule has 6 nitrogen and oxygen atoms in total. The zero-order valence-electron chi connectivity index (χ0n) is 6.12. The number of aromatic amines is 1. The summed E-state index contributed by atoms with van der Waals surface area (Å²) in [6, 6.07) is 0. The Hall–Kier alpha value is -1.59. The van der Waals surface area contributed by atoms with Crippen LogP contribution >= 0.6 is 0 Å². The van der Waals surface area contributed by atoms with Gasteiger partial charge < -0.3 is 9.47 Å². The van der Waals surface area contributed by atoms with E-state index in [1.807, 2.05) is 0 Å². The fraction of sp³-hybridized carbons (Fsp3) is 0.400. The molecule has 1 aromatic heterocycles. The van der Waals surface area contributed by atoms with Crippen LogP contribution in [0.5, 0.6) is 5.88 Å². The van der Waals surface area contributed by atoms with Crippen molar-refractivity contribution in [3.05, 3.63) is 5.69 Å². The fourth-order valence-corrected chi connectivity index (χ4v) is 0.596. The van der Waals surface area contributed by atoms with Gasteiger partial charge in [0.2, 0.25) is 5.69 Å². The number of ether oxygens (including phenoxy) is 2. The summed E-state index contributed by atoms with van der Waals surface area (Å²) in [7, 11) is 2.66. The van der Waals surface area contributed by atoms with Crippen LogP contribution in [-0.4, -0.2) is 35.6 Å². The normalized spacial score (nSPS) is 9.27. The zero-order chi connectivity index (χ0) is 8.27. The smallest absolute Gasteiger partial charge is 0.361 e. The molecule has 0 aliphatic carbocycles. The highest BCUT2D eigenvalue weighted by molar-refractivity contribution is 5.89. The van der Waals surface area contributed by atoms with Crippen LogP contribution in [0.25, 0.3) is 0 Å². The molecule has 1 rings (SSSR count). The first kappa shape index (κ1) is 7.52. The van der Waals surface area contributed by atoms with E-state index in [1.165, 1.54) is 14.2 Å². The van der Waals surface area contributed by atoms with E-state index in [0.717, 1.165) is 0 Å². The maximum Gasteiger partial charge on any atom is 0.361 e. The third kappa shape index (κ3) is 1.28. The molecule has 11 heavy (non-hydrogen) atoms. The van der Waals surface area contributed by atoms with E-state index in [-0.39, 0.29) is 11.6 Å². The quantitative estimate of drug-likeness (QED) is 0.591. The van der Waals surface area contributed by atoms with Crippen LogP contribution in [0.4, 0.5) is 0 Å². The number of rotatable bonds is 2. The SMILES string of the molecule is COC(=O)c1[nH]nnc1OC. The molecule has 0 unspecified atom stereocenters. The van der Waals surface area contributed by atoms with Crippen LogP contribution < -0.4 is 4.74 Å². The van der Waals surface area contributed by atoms with Gasteiger partial charge in [0.15, 0.2) is 0 Å². The monoisotopic (exact) mass is 157 g/mol. The van der Waals surface area contributed by atoms with Gasteiger partial charge >= 0.3 is 5.97 Å². The summed E-state index contributed by atoms with van der Waals surface area (Å²) >= 11 is 0. The standard InChI is InChI=1S/C5H7N3O3/c1-10-4-3(5(9)11-2)6-8-7-4/h1-2H3,(H,6,7,8). The molecule has 0 aromatic carbocycles. The van der Waals surface area contributed by atoms with E-state index >= 15 is 0 Å². The Kier molecular flexibility index (Phi) is 2.05. The second-order valence-corrected chi connectivity index (χ2v) is 1.69. The second kappa shape index (κ2) is 3.00. The third-order valence-electron chi connectivity index (χ3n) is 1.10. The summed E-state index contributed by atoms with van der Waals surface area (Å²) in [6.45, 7) is 0. The number of methoxy groups -OCH3 is 2. The van der Waals surface area contributed by atoms with Gasteiger partial charge in [-0.2, -0.15) is 0 Å². The Morgan fingerprint density at radius 3 is 2.82 bits per heavy atom. The van der Waals surface area contributed by atoms with Gasteiger partial charge in [0.05, 0.1) is 14.2 Å². The molecule has 6 heteroatoms. The van der Waals surface area contributed by atoms with Crippen LogP contribution in [0.3, 0.4) is 0 Å². The Bertz CT molecular complexity index is 257. The minimum absolute atomic E-state index is 0.120. The molecule has 0 aliphatic rings. The average molecular weight is 157 g/mol. The number of H-pyrrole nitrogens is 1. The van der Waals surface area contributed by atoms with E-state index in [2.05, 4.69) is 20.1 Å². The molecular weight excluding hydrogens is 150 g/mol. The Morgan fingerprint density at radius 2 is 2.27 bits per heavy atom. The number of nitrogens with one attached hydrogen (secondary N) is 1. The van der Waals surface area contributed by atoms with E-state index in [4.69, 9.17) is 4.74 Å². The lowest BCUT2D eigenvalue weighted by Gasteiger charge is -1.95. The lowest BCUT2D eigenvalue weighted by molar-refractivity contribution is 0.0590. The van der Waals surface area contributed by atoms with Gasteiger partial charge in [0, 0.05) is 0 Å². The molecule has 1 heterocycles. The minimum Gasteiger partial charge on any atom is -0.478 e. The van der Waals surface area contributed by atoms with Gasteiger partial charge in [-0.1, -0.05) is 10.3 Å². The lowest BCUT2D eigenvalue weighted by Crippen LogP contribution is -2.03. The number of hydrogen-bond donors (Lipinski definition) is 1. The van der Waals surface area contributed by atoms with E-state index < -0.39 is 5.97 Å². The molecule has 0 saturated heterocycles. The van der Waals surface area contributed by atoms with Crippen molar-refractivity contribution in [3.8, 4) is 5.88 Å². The summed E-state index contributed by atoms with van der Waals surface area (Å²) in [5.74, 6) is -0.413. The highest BCUT2D eigenvalue weighted by Gasteiger charge is 2.15.